The van der Waals surface area contributed by atoms with Crippen LogP contribution in [0.5, 0.6) is 0 Å². The van der Waals surface area contributed by atoms with Crippen LogP contribution in [0.3, 0.4) is 0 Å². The molecule has 0 spiro atoms. The van der Waals surface area contributed by atoms with E-state index >= 15 is 0 Å². The third kappa shape index (κ3) is 5.24. The molecule has 1 aromatic heterocycles. The van der Waals surface area contributed by atoms with E-state index in [9.17, 15) is 0 Å². The zero-order valence-corrected chi connectivity index (χ0v) is 11.9. The van der Waals surface area contributed by atoms with Crippen molar-refractivity contribution in [2.75, 3.05) is 5.32 Å². The van der Waals surface area contributed by atoms with Crippen LogP contribution in [-0.4, -0.2) is 15.6 Å². The average Bonchev–Trinajstić information content (AvgIpc) is 2.62. The van der Waals surface area contributed by atoms with E-state index in [2.05, 4.69) is 55.7 Å². The van der Waals surface area contributed by atoms with E-state index in [0.29, 0.717) is 12.0 Å². The van der Waals surface area contributed by atoms with E-state index in [0.717, 1.165) is 18.4 Å². The topological polar surface area (TPSA) is 29.9 Å². The summed E-state index contributed by atoms with van der Waals surface area (Å²) < 4.78 is 2.20. The molecule has 0 aliphatic heterocycles. The number of anilines is 1. The second-order valence-corrected chi connectivity index (χ2v) is 5.81. The minimum Gasteiger partial charge on any atom is -0.353 e. The molecule has 1 heterocycles. The van der Waals surface area contributed by atoms with E-state index in [4.69, 9.17) is 0 Å². The van der Waals surface area contributed by atoms with Gasteiger partial charge in [0.15, 0.2) is 0 Å². The Morgan fingerprint density at radius 2 is 1.82 bits per heavy atom. The number of nitrogens with zero attached hydrogens (tertiary/aromatic N) is 2. The van der Waals surface area contributed by atoms with Gasteiger partial charge in [0.25, 0.3) is 0 Å². The summed E-state index contributed by atoms with van der Waals surface area (Å²) in [6, 6.07) is 0.491. The molecule has 0 saturated heterocycles. The van der Waals surface area contributed by atoms with Crippen LogP contribution < -0.4 is 5.32 Å². The number of hydrogen-bond donors (Lipinski definition) is 1. The second kappa shape index (κ2) is 6.67. The minimum atomic E-state index is 0.491. The third-order valence-electron chi connectivity index (χ3n) is 2.83. The summed E-state index contributed by atoms with van der Waals surface area (Å²) in [4.78, 5) is 4.39. The molecule has 3 heteroatoms. The van der Waals surface area contributed by atoms with Gasteiger partial charge < -0.3 is 9.88 Å². The molecular weight excluding hydrogens is 210 g/mol. The van der Waals surface area contributed by atoms with Gasteiger partial charge in [-0.1, -0.05) is 27.7 Å². The predicted octanol–water partition coefficient (Wildman–Crippen LogP) is 3.78. The smallest absolute Gasteiger partial charge is 0.202 e. The SMILES string of the molecule is CC(C)CCC(C)Nc1nccn1CC(C)C. The molecule has 0 saturated carbocycles. The van der Waals surface area contributed by atoms with Crippen molar-refractivity contribution in [1.82, 2.24) is 9.55 Å². The van der Waals surface area contributed by atoms with Gasteiger partial charge in [0, 0.05) is 25.0 Å². The molecule has 1 unspecified atom stereocenters. The molecule has 0 aromatic carbocycles. The summed E-state index contributed by atoms with van der Waals surface area (Å²) in [6.45, 7) is 12.3. The van der Waals surface area contributed by atoms with E-state index in [1.807, 2.05) is 6.20 Å². The van der Waals surface area contributed by atoms with Crippen molar-refractivity contribution in [3.63, 3.8) is 0 Å². The molecule has 17 heavy (non-hydrogen) atoms. The molecule has 1 rings (SSSR count). The Kier molecular flexibility index (Phi) is 5.52. The summed E-state index contributed by atoms with van der Waals surface area (Å²) in [7, 11) is 0. The largest absolute Gasteiger partial charge is 0.353 e. The number of aromatic nitrogens is 2. The number of hydrogen-bond acceptors (Lipinski definition) is 2. The van der Waals surface area contributed by atoms with E-state index in [-0.39, 0.29) is 0 Å². The maximum Gasteiger partial charge on any atom is 0.202 e. The van der Waals surface area contributed by atoms with Gasteiger partial charge in [0.2, 0.25) is 5.95 Å². The summed E-state index contributed by atoms with van der Waals surface area (Å²) in [5.41, 5.74) is 0. The zero-order chi connectivity index (χ0) is 12.8. The first-order chi connectivity index (χ1) is 7.99. The van der Waals surface area contributed by atoms with Gasteiger partial charge >= 0.3 is 0 Å². The molecule has 1 aromatic rings. The van der Waals surface area contributed by atoms with Crippen LogP contribution in [0.1, 0.15) is 47.5 Å². The highest BCUT2D eigenvalue weighted by Crippen LogP contribution is 2.13. The first kappa shape index (κ1) is 14.1. The third-order valence-corrected chi connectivity index (χ3v) is 2.83. The van der Waals surface area contributed by atoms with Gasteiger partial charge in [0.1, 0.15) is 0 Å². The highest BCUT2D eigenvalue weighted by atomic mass is 15.2. The summed E-state index contributed by atoms with van der Waals surface area (Å²) in [6.07, 6.45) is 6.39. The minimum absolute atomic E-state index is 0.491. The first-order valence-corrected chi connectivity index (χ1v) is 6.76. The zero-order valence-electron chi connectivity index (χ0n) is 11.9. The summed E-state index contributed by atoms with van der Waals surface area (Å²) in [5, 5.41) is 3.50. The summed E-state index contributed by atoms with van der Waals surface area (Å²) in [5.74, 6) is 2.43. The fourth-order valence-corrected chi connectivity index (χ4v) is 1.87. The van der Waals surface area contributed by atoms with Gasteiger partial charge in [-0.15, -0.1) is 0 Å². The van der Waals surface area contributed by atoms with Crippen molar-refractivity contribution in [3.8, 4) is 0 Å². The Bertz CT molecular complexity index is 315. The fraction of sp³-hybridized carbons (Fsp3) is 0.786. The molecule has 0 aliphatic carbocycles. The normalized spacial score (nSPS) is 13.4. The highest BCUT2D eigenvalue weighted by Gasteiger charge is 2.08. The maximum atomic E-state index is 4.39. The van der Waals surface area contributed by atoms with Gasteiger partial charge in [0.05, 0.1) is 0 Å². The highest BCUT2D eigenvalue weighted by molar-refractivity contribution is 5.27. The number of imidazole rings is 1. The molecule has 3 nitrogen and oxygen atoms in total. The van der Waals surface area contributed by atoms with Gasteiger partial charge in [-0.2, -0.15) is 0 Å². The molecule has 0 radical (unpaired) electrons. The second-order valence-electron chi connectivity index (χ2n) is 5.81. The van der Waals surface area contributed by atoms with Crippen LogP contribution >= 0.6 is 0 Å². The molecule has 1 N–H and O–H groups in total. The van der Waals surface area contributed by atoms with Crippen molar-refractivity contribution in [1.29, 1.82) is 0 Å². The van der Waals surface area contributed by atoms with E-state index in [1.54, 1.807) is 0 Å². The van der Waals surface area contributed by atoms with Crippen LogP contribution in [0.2, 0.25) is 0 Å². The van der Waals surface area contributed by atoms with E-state index in [1.165, 1.54) is 12.8 Å². The van der Waals surface area contributed by atoms with Gasteiger partial charge in [-0.25, -0.2) is 4.98 Å². The quantitative estimate of drug-likeness (QED) is 0.782. The maximum absolute atomic E-state index is 4.39. The molecule has 0 bridgehead atoms. The number of rotatable bonds is 7. The molecule has 0 aliphatic rings. The molecule has 0 fully saturated rings. The lowest BCUT2D eigenvalue weighted by Gasteiger charge is -2.17. The first-order valence-electron chi connectivity index (χ1n) is 6.76. The van der Waals surface area contributed by atoms with Crippen molar-refractivity contribution in [2.24, 2.45) is 11.8 Å². The van der Waals surface area contributed by atoms with Crippen LogP contribution in [0.15, 0.2) is 12.4 Å². The lowest BCUT2D eigenvalue weighted by molar-refractivity contribution is 0.510. The number of nitrogens with one attached hydrogen (secondary N) is 1. The van der Waals surface area contributed by atoms with Crippen molar-refractivity contribution in [3.05, 3.63) is 12.4 Å². The molecular formula is C14H27N3. The van der Waals surface area contributed by atoms with Crippen molar-refractivity contribution >= 4 is 5.95 Å². The Morgan fingerprint density at radius 3 is 2.41 bits per heavy atom. The Morgan fingerprint density at radius 1 is 1.12 bits per heavy atom. The molecule has 0 amide bonds. The Balaban J connectivity index is 2.47. The van der Waals surface area contributed by atoms with E-state index < -0.39 is 0 Å². The fourth-order valence-electron chi connectivity index (χ4n) is 1.87. The summed E-state index contributed by atoms with van der Waals surface area (Å²) >= 11 is 0. The Labute approximate surface area is 106 Å². The monoisotopic (exact) mass is 237 g/mol. The van der Waals surface area contributed by atoms with Crippen molar-refractivity contribution < 1.29 is 0 Å². The van der Waals surface area contributed by atoms with Gasteiger partial charge in [-0.05, 0) is 31.6 Å². The predicted molar refractivity (Wildman–Crippen MR) is 74.2 cm³/mol. The lowest BCUT2D eigenvalue weighted by atomic mass is 10.0. The van der Waals surface area contributed by atoms with Crippen molar-refractivity contribution in [2.45, 2.75) is 60.0 Å². The molecule has 1 atom stereocenters. The van der Waals surface area contributed by atoms with Crippen LogP contribution in [0.25, 0.3) is 0 Å². The Hall–Kier alpha value is -0.990. The molecule has 98 valence electrons. The average molecular weight is 237 g/mol. The van der Waals surface area contributed by atoms with Crippen LogP contribution in [-0.2, 0) is 6.54 Å². The van der Waals surface area contributed by atoms with Gasteiger partial charge in [-0.3, -0.25) is 0 Å². The van der Waals surface area contributed by atoms with Crippen LogP contribution in [0, 0.1) is 11.8 Å². The lowest BCUT2D eigenvalue weighted by Crippen LogP contribution is -2.19. The van der Waals surface area contributed by atoms with Crippen LogP contribution in [0.4, 0.5) is 5.95 Å². The standard InChI is InChI=1S/C14H27N3/c1-11(2)6-7-13(5)16-14-15-8-9-17(14)10-12(3)4/h8-9,11-13H,6-7,10H2,1-5H3,(H,15,16).